The summed E-state index contributed by atoms with van der Waals surface area (Å²) in [7, 11) is 0. The van der Waals surface area contributed by atoms with Crippen LogP contribution in [0, 0.1) is 34.5 Å². The van der Waals surface area contributed by atoms with Crippen molar-refractivity contribution in [1.82, 2.24) is 9.80 Å². The summed E-state index contributed by atoms with van der Waals surface area (Å²) in [6, 6.07) is 14.8. The highest BCUT2D eigenvalue weighted by Gasteiger charge is 2.61. The van der Waals surface area contributed by atoms with E-state index < -0.39 is 5.60 Å². The number of nitrogens with zero attached hydrogens (tertiary/aromatic N) is 2. The summed E-state index contributed by atoms with van der Waals surface area (Å²) in [6.07, 6.45) is 9.69. The lowest BCUT2D eigenvalue weighted by Gasteiger charge is -2.61. The van der Waals surface area contributed by atoms with E-state index in [-0.39, 0.29) is 5.41 Å². The lowest BCUT2D eigenvalue weighted by Crippen LogP contribution is -2.59. The molecule has 0 radical (unpaired) electrons. The number of Topliss-reactive ketones (excluding diaryl/α,β-unsaturated/α-hetero) is 1. The fraction of sp³-hybridized carbons (Fsp3) is 0.657. The number of ketones is 1. The van der Waals surface area contributed by atoms with Crippen LogP contribution in [0.5, 0.6) is 0 Å². The minimum Gasteiger partial charge on any atom is -0.389 e. The number of thiocarbonyl (C=S) groups is 1. The van der Waals surface area contributed by atoms with E-state index in [4.69, 9.17) is 12.2 Å². The molecule has 4 aliphatic carbocycles. The zero-order valence-corrected chi connectivity index (χ0v) is 25.7. The SMILES string of the molecule is C[C@]12CC[C@](O)(CN3CCN(C(=S)Nc4ccc5ccccc5c4)CC3)C[C@@H]1CC[C@@H]1[C@@H]2CC[C@]2(C)C(=O)CC[C@@H]12. The van der Waals surface area contributed by atoms with Gasteiger partial charge in [-0.25, -0.2) is 0 Å². The number of piperazine rings is 1. The van der Waals surface area contributed by atoms with Crippen LogP contribution in [0.1, 0.15) is 71.6 Å². The van der Waals surface area contributed by atoms with Crippen molar-refractivity contribution in [1.29, 1.82) is 0 Å². The Balaban J connectivity index is 0.937. The summed E-state index contributed by atoms with van der Waals surface area (Å²) in [6.45, 7) is 9.25. The van der Waals surface area contributed by atoms with Crippen LogP contribution < -0.4 is 5.32 Å². The van der Waals surface area contributed by atoms with E-state index in [0.29, 0.717) is 29.0 Å². The number of rotatable bonds is 3. The fourth-order valence-corrected chi connectivity index (χ4v) is 10.5. The third-order valence-corrected chi connectivity index (χ3v) is 13.1. The normalized spacial score (nSPS) is 39.2. The molecule has 0 amide bonds. The molecule has 6 heteroatoms. The van der Waals surface area contributed by atoms with Gasteiger partial charge in [0.25, 0.3) is 0 Å². The fourth-order valence-electron chi connectivity index (χ4n) is 10.2. The molecule has 0 unspecified atom stereocenters. The summed E-state index contributed by atoms with van der Waals surface area (Å²) in [4.78, 5) is 17.5. The first-order chi connectivity index (χ1) is 19.7. The van der Waals surface area contributed by atoms with Crippen LogP contribution in [0.4, 0.5) is 5.69 Å². The van der Waals surface area contributed by atoms with E-state index in [1.54, 1.807) is 0 Å². The predicted molar refractivity (Wildman–Crippen MR) is 170 cm³/mol. The van der Waals surface area contributed by atoms with Gasteiger partial charge in [0.2, 0.25) is 0 Å². The lowest BCUT2D eigenvalue weighted by molar-refractivity contribution is -0.157. The van der Waals surface area contributed by atoms with Gasteiger partial charge in [-0.1, -0.05) is 44.2 Å². The van der Waals surface area contributed by atoms with Crippen LogP contribution in [0.3, 0.4) is 0 Å². The second kappa shape index (κ2) is 10.3. The molecular weight excluding hydrogens is 526 g/mol. The number of hydrogen-bond donors (Lipinski definition) is 2. The van der Waals surface area contributed by atoms with Crippen molar-refractivity contribution in [3.05, 3.63) is 42.5 Å². The van der Waals surface area contributed by atoms with E-state index in [2.05, 4.69) is 71.4 Å². The number of carbonyl (C=O) groups excluding carboxylic acids is 1. The average Bonchev–Trinajstić information content (AvgIpc) is 3.28. The first-order valence-corrected chi connectivity index (χ1v) is 16.6. The first-order valence-electron chi connectivity index (χ1n) is 16.2. The highest BCUT2D eigenvalue weighted by atomic mass is 32.1. The molecule has 0 bridgehead atoms. The van der Waals surface area contributed by atoms with Crippen molar-refractivity contribution in [3.63, 3.8) is 0 Å². The molecule has 2 N–H and O–H groups in total. The number of nitrogens with one attached hydrogen (secondary N) is 1. The van der Waals surface area contributed by atoms with Gasteiger partial charge >= 0.3 is 0 Å². The Morgan fingerprint density at radius 2 is 1.73 bits per heavy atom. The molecule has 0 aromatic heterocycles. The quantitative estimate of drug-likeness (QED) is 0.409. The van der Waals surface area contributed by atoms with Crippen molar-refractivity contribution in [3.8, 4) is 0 Å². The molecule has 5 aliphatic rings. The van der Waals surface area contributed by atoms with Crippen molar-refractivity contribution in [2.24, 2.45) is 34.5 Å². The van der Waals surface area contributed by atoms with Gasteiger partial charge in [0.1, 0.15) is 5.78 Å². The van der Waals surface area contributed by atoms with Gasteiger partial charge in [0.05, 0.1) is 5.60 Å². The van der Waals surface area contributed by atoms with Crippen molar-refractivity contribution < 1.29 is 9.90 Å². The van der Waals surface area contributed by atoms with Crippen LogP contribution in [0.25, 0.3) is 10.8 Å². The Morgan fingerprint density at radius 3 is 2.54 bits per heavy atom. The standard InChI is InChI=1S/C35H47N3O2S/c1-33-15-16-35(40,22-26(33)8-10-28-29-11-12-31(39)34(29,2)14-13-30(28)33)23-37-17-19-38(20-18-37)32(41)36-27-9-7-24-5-3-4-6-25(24)21-27/h3-7,9,21,26,28-30,40H,8,10-20,22-23H2,1-2H3,(H,36,41)/t26-,28-,29-,30-,33-,34-,35+/m0/s1. The maximum absolute atomic E-state index is 12.8. The van der Waals surface area contributed by atoms with Crippen molar-refractivity contribution >= 4 is 39.6 Å². The smallest absolute Gasteiger partial charge is 0.173 e. The number of hydrogen-bond acceptors (Lipinski definition) is 4. The monoisotopic (exact) mass is 573 g/mol. The van der Waals surface area contributed by atoms with Crippen molar-refractivity contribution in [2.75, 3.05) is 38.0 Å². The Morgan fingerprint density at radius 1 is 0.951 bits per heavy atom. The molecule has 1 aliphatic heterocycles. The number of anilines is 1. The van der Waals surface area contributed by atoms with Crippen LogP contribution in [0.15, 0.2) is 42.5 Å². The highest BCUT2D eigenvalue weighted by Crippen LogP contribution is 2.66. The molecule has 1 heterocycles. The lowest BCUT2D eigenvalue weighted by atomic mass is 9.44. The maximum Gasteiger partial charge on any atom is 0.173 e. The first kappa shape index (κ1) is 27.8. The Labute approximate surface area is 251 Å². The van der Waals surface area contributed by atoms with Gasteiger partial charge in [-0.2, -0.15) is 0 Å². The van der Waals surface area contributed by atoms with Crippen molar-refractivity contribution in [2.45, 2.75) is 77.2 Å². The zero-order valence-electron chi connectivity index (χ0n) is 24.9. The zero-order chi connectivity index (χ0) is 28.4. The molecule has 2 aromatic carbocycles. The van der Waals surface area contributed by atoms with Gasteiger partial charge in [0, 0.05) is 50.2 Å². The Hall–Kier alpha value is -2.02. The van der Waals surface area contributed by atoms with Crippen LogP contribution >= 0.6 is 12.2 Å². The van der Waals surface area contributed by atoms with Crippen LogP contribution in [-0.4, -0.2) is 64.1 Å². The summed E-state index contributed by atoms with van der Waals surface area (Å²) in [5, 5.41) is 18.6. The number of aliphatic hydroxyl groups is 1. The predicted octanol–water partition coefficient (Wildman–Crippen LogP) is 6.50. The molecule has 7 atom stereocenters. The topological polar surface area (TPSA) is 55.8 Å². The Kier molecular flexibility index (Phi) is 6.99. The molecule has 1 saturated heterocycles. The average molecular weight is 574 g/mol. The molecule has 220 valence electrons. The molecule has 5 nitrogen and oxygen atoms in total. The van der Waals surface area contributed by atoms with Crippen LogP contribution in [-0.2, 0) is 4.79 Å². The van der Waals surface area contributed by atoms with E-state index in [0.717, 1.165) is 88.0 Å². The van der Waals surface area contributed by atoms with E-state index >= 15 is 0 Å². The summed E-state index contributed by atoms with van der Waals surface area (Å²) >= 11 is 5.79. The number of carbonyl (C=O) groups is 1. The van der Waals surface area contributed by atoms with Gasteiger partial charge in [-0.15, -0.1) is 0 Å². The van der Waals surface area contributed by atoms with Crippen LogP contribution in [0.2, 0.25) is 0 Å². The molecule has 41 heavy (non-hydrogen) atoms. The maximum atomic E-state index is 12.8. The molecule has 2 aromatic rings. The largest absolute Gasteiger partial charge is 0.389 e. The minimum atomic E-state index is -0.588. The molecule has 5 fully saturated rings. The highest BCUT2D eigenvalue weighted by molar-refractivity contribution is 7.80. The second-order valence-corrected chi connectivity index (χ2v) is 15.1. The van der Waals surface area contributed by atoms with Gasteiger partial charge in [0.15, 0.2) is 5.11 Å². The molecule has 7 rings (SSSR count). The summed E-state index contributed by atoms with van der Waals surface area (Å²) in [5.41, 5.74) is 0.721. The second-order valence-electron chi connectivity index (χ2n) is 14.8. The minimum absolute atomic E-state index is 0.0464. The Bertz CT molecular complexity index is 1340. The molecule has 0 spiro atoms. The van der Waals surface area contributed by atoms with Gasteiger partial charge < -0.3 is 15.3 Å². The van der Waals surface area contributed by atoms with Gasteiger partial charge in [-0.05, 0) is 116 Å². The van der Waals surface area contributed by atoms with E-state index in [1.165, 1.54) is 30.0 Å². The summed E-state index contributed by atoms with van der Waals surface area (Å²) in [5.74, 6) is 3.19. The molecular formula is C35H47N3O2S. The number of benzene rings is 2. The van der Waals surface area contributed by atoms with E-state index in [9.17, 15) is 9.90 Å². The third-order valence-electron chi connectivity index (χ3n) is 12.7. The number of β-amino-alcohol motifs (C(OH)–C–C–N with tert-alkyl or cyclic N) is 1. The summed E-state index contributed by atoms with van der Waals surface area (Å²) < 4.78 is 0. The number of fused-ring (bicyclic) bond motifs is 6. The van der Waals surface area contributed by atoms with Gasteiger partial charge in [-0.3, -0.25) is 9.69 Å². The molecule has 4 saturated carbocycles. The third kappa shape index (κ3) is 4.82. The van der Waals surface area contributed by atoms with E-state index in [1.807, 2.05) is 0 Å².